The summed E-state index contributed by atoms with van der Waals surface area (Å²) in [7, 11) is 0. The van der Waals surface area contributed by atoms with Crippen LogP contribution in [0.2, 0.25) is 5.02 Å². The summed E-state index contributed by atoms with van der Waals surface area (Å²) in [4.78, 5) is 16.6. The maximum Gasteiger partial charge on any atom is 0.255 e. The Labute approximate surface area is 140 Å². The molecule has 1 fully saturated rings. The highest BCUT2D eigenvalue weighted by Gasteiger charge is 2.23. The van der Waals surface area contributed by atoms with Gasteiger partial charge in [0, 0.05) is 32.7 Å². The molecule has 23 heavy (non-hydrogen) atoms. The molecule has 120 valence electrons. The van der Waals surface area contributed by atoms with E-state index < -0.39 is 5.82 Å². The maximum absolute atomic E-state index is 13.1. The highest BCUT2D eigenvalue weighted by molar-refractivity contribution is 6.33. The van der Waals surface area contributed by atoms with Gasteiger partial charge in [0.1, 0.15) is 5.82 Å². The van der Waals surface area contributed by atoms with Crippen LogP contribution in [-0.4, -0.2) is 41.9 Å². The Balaban J connectivity index is 1.59. The van der Waals surface area contributed by atoms with Gasteiger partial charge in [-0.3, -0.25) is 9.69 Å². The standard InChI is InChI=1S/C18H18ClFN2O/c19-17-12-15(20)6-7-16(17)18(23)22-10-8-21(9-11-22)13-14-4-2-1-3-5-14/h1-7,12H,8-11,13H2. The average Bonchev–Trinajstić information content (AvgIpc) is 2.56. The number of carbonyl (C=O) groups is 1. The number of nitrogens with zero attached hydrogens (tertiary/aromatic N) is 2. The van der Waals surface area contributed by atoms with E-state index >= 15 is 0 Å². The molecule has 1 heterocycles. The molecule has 3 nitrogen and oxygen atoms in total. The fraction of sp³-hybridized carbons (Fsp3) is 0.278. The molecule has 2 aromatic carbocycles. The molecule has 1 saturated heterocycles. The Morgan fingerprint density at radius 2 is 1.74 bits per heavy atom. The second-order valence-electron chi connectivity index (χ2n) is 5.68. The number of benzene rings is 2. The number of halogens is 2. The molecule has 2 aromatic rings. The normalized spacial score (nSPS) is 15.7. The molecule has 0 aliphatic carbocycles. The lowest BCUT2D eigenvalue weighted by atomic mass is 10.1. The minimum atomic E-state index is -0.431. The van der Waals surface area contributed by atoms with Gasteiger partial charge < -0.3 is 4.90 Å². The van der Waals surface area contributed by atoms with E-state index in [0.29, 0.717) is 18.7 Å². The van der Waals surface area contributed by atoms with Crippen molar-refractivity contribution in [2.24, 2.45) is 0 Å². The average molecular weight is 333 g/mol. The molecule has 5 heteroatoms. The summed E-state index contributed by atoms with van der Waals surface area (Å²) in [5.74, 6) is -0.561. The first-order valence-corrected chi connectivity index (χ1v) is 8.02. The highest BCUT2D eigenvalue weighted by Crippen LogP contribution is 2.20. The molecule has 0 aromatic heterocycles. The zero-order valence-electron chi connectivity index (χ0n) is 12.7. The molecule has 0 N–H and O–H groups in total. The fourth-order valence-corrected chi connectivity index (χ4v) is 3.03. The monoisotopic (exact) mass is 332 g/mol. The predicted molar refractivity (Wildman–Crippen MR) is 89.0 cm³/mol. The number of hydrogen-bond acceptors (Lipinski definition) is 2. The minimum absolute atomic E-state index is 0.130. The number of piperazine rings is 1. The van der Waals surface area contributed by atoms with Crippen LogP contribution in [-0.2, 0) is 6.54 Å². The van der Waals surface area contributed by atoms with Crippen LogP contribution in [0.3, 0.4) is 0 Å². The van der Waals surface area contributed by atoms with Crippen LogP contribution in [0.25, 0.3) is 0 Å². The molecule has 1 aliphatic heterocycles. The van der Waals surface area contributed by atoms with E-state index in [-0.39, 0.29) is 10.9 Å². The van der Waals surface area contributed by atoms with Crippen molar-refractivity contribution in [1.29, 1.82) is 0 Å². The molecule has 3 rings (SSSR count). The number of hydrogen-bond donors (Lipinski definition) is 0. The van der Waals surface area contributed by atoms with Crippen LogP contribution < -0.4 is 0 Å². The van der Waals surface area contributed by atoms with Crippen molar-refractivity contribution in [3.05, 3.63) is 70.5 Å². The first-order chi connectivity index (χ1) is 11.1. The second-order valence-corrected chi connectivity index (χ2v) is 6.09. The van der Waals surface area contributed by atoms with Gasteiger partial charge in [0.05, 0.1) is 10.6 Å². The fourth-order valence-electron chi connectivity index (χ4n) is 2.78. The van der Waals surface area contributed by atoms with Gasteiger partial charge in [-0.25, -0.2) is 4.39 Å². The molecule has 0 bridgehead atoms. The van der Waals surface area contributed by atoms with Gasteiger partial charge in [-0.1, -0.05) is 41.9 Å². The molecule has 0 saturated carbocycles. The van der Waals surface area contributed by atoms with Gasteiger partial charge >= 0.3 is 0 Å². The van der Waals surface area contributed by atoms with E-state index in [0.717, 1.165) is 19.6 Å². The van der Waals surface area contributed by atoms with E-state index in [9.17, 15) is 9.18 Å². The molecule has 0 spiro atoms. The smallest absolute Gasteiger partial charge is 0.255 e. The zero-order valence-corrected chi connectivity index (χ0v) is 13.5. The number of rotatable bonds is 3. The van der Waals surface area contributed by atoms with Crippen LogP contribution in [0.4, 0.5) is 4.39 Å². The summed E-state index contributed by atoms with van der Waals surface area (Å²) >= 11 is 5.98. The summed E-state index contributed by atoms with van der Waals surface area (Å²) in [6.07, 6.45) is 0. The third kappa shape index (κ3) is 3.89. The minimum Gasteiger partial charge on any atom is -0.336 e. The Morgan fingerprint density at radius 3 is 2.39 bits per heavy atom. The predicted octanol–water partition coefficient (Wildman–Crippen LogP) is 3.44. The van der Waals surface area contributed by atoms with Crippen LogP contribution in [0, 0.1) is 5.82 Å². The van der Waals surface area contributed by atoms with Gasteiger partial charge in [-0.2, -0.15) is 0 Å². The Morgan fingerprint density at radius 1 is 1.04 bits per heavy atom. The Bertz CT molecular complexity index is 685. The van der Waals surface area contributed by atoms with E-state index in [1.54, 1.807) is 4.90 Å². The van der Waals surface area contributed by atoms with Crippen molar-refractivity contribution < 1.29 is 9.18 Å². The summed E-state index contributed by atoms with van der Waals surface area (Å²) in [6.45, 7) is 3.83. The van der Waals surface area contributed by atoms with Gasteiger partial charge in [0.25, 0.3) is 5.91 Å². The van der Waals surface area contributed by atoms with E-state index in [4.69, 9.17) is 11.6 Å². The van der Waals surface area contributed by atoms with Crippen molar-refractivity contribution in [3.8, 4) is 0 Å². The second kappa shape index (κ2) is 7.11. The lowest BCUT2D eigenvalue weighted by Crippen LogP contribution is -2.48. The third-order valence-corrected chi connectivity index (χ3v) is 4.38. The molecular weight excluding hydrogens is 315 g/mol. The number of amides is 1. The summed E-state index contributed by atoms with van der Waals surface area (Å²) in [6, 6.07) is 14.2. The van der Waals surface area contributed by atoms with Crippen LogP contribution in [0.15, 0.2) is 48.5 Å². The molecule has 1 amide bonds. The van der Waals surface area contributed by atoms with Crippen molar-refractivity contribution in [3.63, 3.8) is 0 Å². The molecule has 0 radical (unpaired) electrons. The summed E-state index contributed by atoms with van der Waals surface area (Å²) in [5.41, 5.74) is 1.64. The number of carbonyl (C=O) groups excluding carboxylic acids is 1. The third-order valence-electron chi connectivity index (χ3n) is 4.07. The van der Waals surface area contributed by atoms with Crippen LogP contribution >= 0.6 is 11.6 Å². The summed E-state index contributed by atoms with van der Waals surface area (Å²) < 4.78 is 13.1. The van der Waals surface area contributed by atoms with Crippen LogP contribution in [0.5, 0.6) is 0 Å². The Hall–Kier alpha value is -1.91. The molecule has 1 aliphatic rings. The quantitative estimate of drug-likeness (QED) is 0.859. The topological polar surface area (TPSA) is 23.6 Å². The van der Waals surface area contributed by atoms with Gasteiger partial charge in [0.15, 0.2) is 0 Å². The van der Waals surface area contributed by atoms with Crippen molar-refractivity contribution in [2.75, 3.05) is 26.2 Å². The van der Waals surface area contributed by atoms with Gasteiger partial charge in [-0.15, -0.1) is 0 Å². The van der Waals surface area contributed by atoms with E-state index in [1.165, 1.54) is 23.8 Å². The molecule has 0 unspecified atom stereocenters. The van der Waals surface area contributed by atoms with Gasteiger partial charge in [-0.05, 0) is 23.8 Å². The molecular formula is C18H18ClFN2O. The first kappa shape index (κ1) is 16.0. The molecule has 0 atom stereocenters. The summed E-state index contributed by atoms with van der Waals surface area (Å²) in [5, 5.41) is 0.168. The Kier molecular flexibility index (Phi) is 4.94. The van der Waals surface area contributed by atoms with E-state index in [1.807, 2.05) is 18.2 Å². The van der Waals surface area contributed by atoms with Gasteiger partial charge in [0.2, 0.25) is 0 Å². The zero-order chi connectivity index (χ0) is 16.2. The maximum atomic E-state index is 13.1. The SMILES string of the molecule is O=C(c1ccc(F)cc1Cl)N1CCN(Cc2ccccc2)CC1. The lowest BCUT2D eigenvalue weighted by Gasteiger charge is -2.35. The van der Waals surface area contributed by atoms with E-state index in [2.05, 4.69) is 17.0 Å². The lowest BCUT2D eigenvalue weighted by molar-refractivity contribution is 0.0628. The largest absolute Gasteiger partial charge is 0.336 e. The van der Waals surface area contributed by atoms with Crippen molar-refractivity contribution >= 4 is 17.5 Å². The first-order valence-electron chi connectivity index (χ1n) is 7.64. The van der Waals surface area contributed by atoms with Crippen molar-refractivity contribution in [2.45, 2.75) is 6.54 Å². The van der Waals surface area contributed by atoms with Crippen molar-refractivity contribution in [1.82, 2.24) is 9.80 Å². The van der Waals surface area contributed by atoms with Crippen LogP contribution in [0.1, 0.15) is 15.9 Å². The highest BCUT2D eigenvalue weighted by atomic mass is 35.5.